The molecular formula is C8H11N5O3. The van der Waals surface area contributed by atoms with Gasteiger partial charge in [-0.2, -0.15) is 0 Å². The zero-order valence-electron chi connectivity index (χ0n) is 8.85. The van der Waals surface area contributed by atoms with Crippen LogP contribution in [0.1, 0.15) is 17.4 Å². The Balaban J connectivity index is 2.56. The number of imide groups is 1. The number of hydrogen-bond acceptors (Lipinski definition) is 5. The summed E-state index contributed by atoms with van der Waals surface area (Å²) in [6.45, 7) is 1.17. The van der Waals surface area contributed by atoms with Crippen LogP contribution in [0.5, 0.6) is 0 Å². The highest BCUT2D eigenvalue weighted by atomic mass is 16.2. The maximum absolute atomic E-state index is 11.2. The first-order valence-electron chi connectivity index (χ1n) is 4.45. The van der Waals surface area contributed by atoms with Gasteiger partial charge in [-0.15, -0.1) is 5.10 Å². The Bertz CT molecular complexity index is 425. The van der Waals surface area contributed by atoms with Crippen LogP contribution in [0.15, 0.2) is 6.20 Å². The SMILES string of the molecule is CNC(=O)NC(=O)Cn1cc(C(C)=O)nn1. The van der Waals surface area contributed by atoms with Crippen LogP contribution in [-0.4, -0.2) is 39.8 Å². The first-order chi connectivity index (χ1) is 7.52. The third kappa shape index (κ3) is 3.15. The first-order valence-corrected chi connectivity index (χ1v) is 4.45. The monoisotopic (exact) mass is 225 g/mol. The predicted octanol–water partition coefficient (Wildman–Crippen LogP) is -1.06. The Labute approximate surface area is 91.0 Å². The quantitative estimate of drug-likeness (QED) is 0.637. The van der Waals surface area contributed by atoms with E-state index in [9.17, 15) is 14.4 Å². The molecule has 0 saturated carbocycles. The Kier molecular flexibility index (Phi) is 3.70. The lowest BCUT2D eigenvalue weighted by Gasteiger charge is -2.01. The van der Waals surface area contributed by atoms with Crippen molar-refractivity contribution < 1.29 is 14.4 Å². The van der Waals surface area contributed by atoms with E-state index in [1.54, 1.807) is 0 Å². The van der Waals surface area contributed by atoms with E-state index >= 15 is 0 Å². The number of carbonyl (C=O) groups is 3. The van der Waals surface area contributed by atoms with E-state index in [0.29, 0.717) is 0 Å². The minimum absolute atomic E-state index is 0.173. The Morgan fingerprint density at radius 1 is 1.44 bits per heavy atom. The first kappa shape index (κ1) is 11.8. The third-order valence-corrected chi connectivity index (χ3v) is 1.68. The van der Waals surface area contributed by atoms with Gasteiger partial charge in [-0.1, -0.05) is 5.21 Å². The molecule has 8 heteroatoms. The zero-order chi connectivity index (χ0) is 12.1. The van der Waals surface area contributed by atoms with Gasteiger partial charge < -0.3 is 5.32 Å². The molecule has 16 heavy (non-hydrogen) atoms. The maximum atomic E-state index is 11.2. The largest absolute Gasteiger partial charge is 0.341 e. The molecule has 0 atom stereocenters. The third-order valence-electron chi connectivity index (χ3n) is 1.68. The van der Waals surface area contributed by atoms with Gasteiger partial charge in [0, 0.05) is 14.0 Å². The molecule has 0 spiro atoms. The number of nitrogens with zero attached hydrogens (tertiary/aromatic N) is 3. The number of Topliss-reactive ketones (excluding diaryl/α,β-unsaturated/α-hetero) is 1. The number of amides is 3. The average Bonchev–Trinajstić information content (AvgIpc) is 2.65. The van der Waals surface area contributed by atoms with Gasteiger partial charge >= 0.3 is 6.03 Å². The second-order valence-electron chi connectivity index (χ2n) is 2.98. The van der Waals surface area contributed by atoms with Gasteiger partial charge in [-0.25, -0.2) is 9.48 Å². The number of hydrogen-bond donors (Lipinski definition) is 2. The predicted molar refractivity (Wildman–Crippen MR) is 52.6 cm³/mol. The number of ketones is 1. The van der Waals surface area contributed by atoms with E-state index in [2.05, 4.69) is 20.9 Å². The molecular weight excluding hydrogens is 214 g/mol. The average molecular weight is 225 g/mol. The second kappa shape index (κ2) is 5.01. The summed E-state index contributed by atoms with van der Waals surface area (Å²) >= 11 is 0. The molecule has 0 aliphatic heterocycles. The highest BCUT2D eigenvalue weighted by Gasteiger charge is 2.10. The molecule has 2 N–H and O–H groups in total. The fourth-order valence-electron chi connectivity index (χ4n) is 0.913. The van der Waals surface area contributed by atoms with E-state index < -0.39 is 11.9 Å². The van der Waals surface area contributed by atoms with Crippen molar-refractivity contribution in [2.45, 2.75) is 13.5 Å². The van der Waals surface area contributed by atoms with E-state index in [0.717, 1.165) is 0 Å². The summed E-state index contributed by atoms with van der Waals surface area (Å²) in [7, 11) is 1.39. The summed E-state index contributed by atoms with van der Waals surface area (Å²) in [5, 5.41) is 11.4. The Morgan fingerprint density at radius 2 is 2.12 bits per heavy atom. The maximum Gasteiger partial charge on any atom is 0.321 e. The van der Waals surface area contributed by atoms with E-state index in [-0.39, 0.29) is 18.0 Å². The molecule has 1 heterocycles. The van der Waals surface area contributed by atoms with Crippen molar-refractivity contribution in [3.05, 3.63) is 11.9 Å². The summed E-state index contributed by atoms with van der Waals surface area (Å²) in [5.74, 6) is -0.780. The Hall–Kier alpha value is -2.25. The molecule has 0 bridgehead atoms. The molecule has 0 aliphatic rings. The van der Waals surface area contributed by atoms with Gasteiger partial charge in [0.1, 0.15) is 12.2 Å². The van der Waals surface area contributed by atoms with Crippen LogP contribution in [-0.2, 0) is 11.3 Å². The van der Waals surface area contributed by atoms with E-state index in [1.165, 1.54) is 24.9 Å². The highest BCUT2D eigenvalue weighted by Crippen LogP contribution is 1.93. The molecule has 0 radical (unpaired) electrons. The van der Waals surface area contributed by atoms with Crippen molar-refractivity contribution in [2.75, 3.05) is 7.05 Å². The normalized spacial score (nSPS) is 9.62. The molecule has 0 fully saturated rings. The van der Waals surface area contributed by atoms with Crippen LogP contribution in [0, 0.1) is 0 Å². The van der Waals surface area contributed by atoms with E-state index in [4.69, 9.17) is 0 Å². The lowest BCUT2D eigenvalue weighted by Crippen LogP contribution is -2.39. The number of aromatic nitrogens is 3. The van der Waals surface area contributed by atoms with Crippen LogP contribution < -0.4 is 10.6 Å². The molecule has 86 valence electrons. The van der Waals surface area contributed by atoms with Gasteiger partial charge in [-0.05, 0) is 0 Å². The summed E-state index contributed by atoms with van der Waals surface area (Å²) in [6, 6.07) is -0.600. The van der Waals surface area contributed by atoms with Crippen LogP contribution in [0.2, 0.25) is 0 Å². The van der Waals surface area contributed by atoms with Crippen LogP contribution in [0.4, 0.5) is 4.79 Å². The summed E-state index contributed by atoms with van der Waals surface area (Å²) in [5.41, 5.74) is 0.174. The fraction of sp³-hybridized carbons (Fsp3) is 0.375. The van der Waals surface area contributed by atoms with Crippen molar-refractivity contribution >= 4 is 17.7 Å². The Morgan fingerprint density at radius 3 is 2.62 bits per heavy atom. The van der Waals surface area contributed by atoms with Gasteiger partial charge in [0.25, 0.3) is 0 Å². The summed E-state index contributed by atoms with van der Waals surface area (Å²) in [4.78, 5) is 32.9. The lowest BCUT2D eigenvalue weighted by molar-refractivity contribution is -0.120. The standard InChI is InChI=1S/C8H11N5O3/c1-5(14)6-3-13(12-11-6)4-7(15)10-8(16)9-2/h3H,4H2,1-2H3,(H2,9,10,15,16). The lowest BCUT2D eigenvalue weighted by atomic mass is 10.3. The fourth-order valence-corrected chi connectivity index (χ4v) is 0.913. The minimum Gasteiger partial charge on any atom is -0.341 e. The molecule has 1 aromatic rings. The zero-order valence-corrected chi connectivity index (χ0v) is 8.85. The molecule has 3 amide bonds. The van der Waals surface area contributed by atoms with Crippen molar-refractivity contribution in [1.29, 1.82) is 0 Å². The second-order valence-corrected chi connectivity index (χ2v) is 2.98. The molecule has 0 unspecified atom stereocenters. The van der Waals surface area contributed by atoms with Crippen molar-refractivity contribution in [1.82, 2.24) is 25.6 Å². The van der Waals surface area contributed by atoms with Gasteiger partial charge in [0.05, 0.1) is 6.20 Å². The number of carbonyl (C=O) groups excluding carboxylic acids is 3. The van der Waals surface area contributed by atoms with Crippen LogP contribution >= 0.6 is 0 Å². The molecule has 8 nitrogen and oxygen atoms in total. The molecule has 1 aromatic heterocycles. The van der Waals surface area contributed by atoms with Crippen LogP contribution in [0.25, 0.3) is 0 Å². The topological polar surface area (TPSA) is 106 Å². The van der Waals surface area contributed by atoms with Gasteiger partial charge in [0.15, 0.2) is 5.78 Å². The number of nitrogens with one attached hydrogen (secondary N) is 2. The smallest absolute Gasteiger partial charge is 0.321 e. The van der Waals surface area contributed by atoms with Crippen molar-refractivity contribution in [3.63, 3.8) is 0 Å². The van der Waals surface area contributed by atoms with Crippen LogP contribution in [0.3, 0.4) is 0 Å². The molecule has 1 rings (SSSR count). The highest BCUT2D eigenvalue weighted by molar-refractivity contribution is 5.94. The van der Waals surface area contributed by atoms with Crippen molar-refractivity contribution in [2.24, 2.45) is 0 Å². The number of rotatable bonds is 3. The number of urea groups is 1. The van der Waals surface area contributed by atoms with Gasteiger partial charge in [0.2, 0.25) is 5.91 Å². The van der Waals surface area contributed by atoms with Gasteiger partial charge in [-0.3, -0.25) is 14.9 Å². The minimum atomic E-state index is -0.600. The molecule has 0 aromatic carbocycles. The molecule has 0 aliphatic carbocycles. The summed E-state index contributed by atoms with van der Waals surface area (Å²) in [6.07, 6.45) is 1.34. The molecule has 0 saturated heterocycles. The summed E-state index contributed by atoms with van der Waals surface area (Å²) < 4.78 is 1.18. The van der Waals surface area contributed by atoms with Crippen molar-refractivity contribution in [3.8, 4) is 0 Å². The van der Waals surface area contributed by atoms with E-state index in [1.807, 2.05) is 0 Å².